The van der Waals surface area contributed by atoms with Crippen LogP contribution in [0.15, 0.2) is 24.8 Å². The van der Waals surface area contributed by atoms with Crippen molar-refractivity contribution >= 4 is 0 Å². The van der Waals surface area contributed by atoms with Crippen LogP contribution in [-0.2, 0) is 6.54 Å². The lowest BCUT2D eigenvalue weighted by Gasteiger charge is -2.07. The van der Waals surface area contributed by atoms with Crippen molar-refractivity contribution in [2.45, 2.75) is 45.6 Å². The lowest BCUT2D eigenvalue weighted by molar-refractivity contribution is 0.566. The molecule has 0 saturated carbocycles. The Kier molecular flexibility index (Phi) is 3.91. The highest BCUT2D eigenvalue weighted by Gasteiger charge is 2.04. The van der Waals surface area contributed by atoms with Crippen LogP contribution in [0.25, 0.3) is 11.4 Å². The van der Waals surface area contributed by atoms with Crippen molar-refractivity contribution in [3.63, 3.8) is 0 Å². The second-order valence-electron chi connectivity index (χ2n) is 4.24. The van der Waals surface area contributed by atoms with Crippen molar-refractivity contribution in [1.29, 1.82) is 0 Å². The number of pyridine rings is 1. The maximum atomic E-state index is 4.21. The van der Waals surface area contributed by atoms with Gasteiger partial charge in [0.1, 0.15) is 12.0 Å². The summed E-state index contributed by atoms with van der Waals surface area (Å²) in [5, 5.41) is 0. The van der Waals surface area contributed by atoms with Gasteiger partial charge in [-0.15, -0.1) is 0 Å². The molecule has 2 aliphatic heterocycles. The molecule has 0 spiro atoms. The fourth-order valence-electron chi connectivity index (χ4n) is 1.92. The molecule has 2 aliphatic rings. The van der Waals surface area contributed by atoms with Gasteiger partial charge in [0.2, 0.25) is 0 Å². The van der Waals surface area contributed by atoms with Crippen LogP contribution in [0.4, 0.5) is 0 Å². The molecule has 0 aromatic carbocycles. The third kappa shape index (κ3) is 2.81. The highest BCUT2D eigenvalue weighted by atomic mass is 15.0. The second-order valence-corrected chi connectivity index (χ2v) is 4.24. The largest absolute Gasteiger partial charge is 0.352 e. The Hall–Kier alpha value is -1.38. The van der Waals surface area contributed by atoms with Gasteiger partial charge in [-0.25, -0.2) is 9.97 Å². The van der Waals surface area contributed by atoms with Gasteiger partial charge in [0.25, 0.3) is 0 Å². The Bertz CT molecular complexity index is 394. The maximum absolute atomic E-state index is 4.21. The molecule has 0 aromatic rings. The van der Waals surface area contributed by atoms with E-state index in [4.69, 9.17) is 0 Å². The summed E-state index contributed by atoms with van der Waals surface area (Å²) < 4.78 is 2.21. The summed E-state index contributed by atoms with van der Waals surface area (Å²) in [7, 11) is 0. The number of rotatable bonds is 6. The molecular formula is C13H19N3. The molecule has 16 heavy (non-hydrogen) atoms. The number of nitrogens with zero attached hydrogens (tertiary/aromatic N) is 3. The van der Waals surface area contributed by atoms with Gasteiger partial charge in [0.05, 0.1) is 5.69 Å². The molecule has 0 bridgehead atoms. The zero-order valence-electron chi connectivity index (χ0n) is 9.89. The number of unbranched alkanes of at least 4 members (excludes halogenated alkanes) is 4. The first-order valence-corrected chi connectivity index (χ1v) is 6.16. The molecule has 0 fully saturated rings. The minimum absolute atomic E-state index is 0.988. The number of aromatic nitrogens is 3. The normalized spacial score (nSPS) is 11.1. The summed E-state index contributed by atoms with van der Waals surface area (Å²) in [6.45, 7) is 3.34. The summed E-state index contributed by atoms with van der Waals surface area (Å²) in [6, 6.07) is 2.04. The Morgan fingerprint density at radius 2 is 1.88 bits per heavy atom. The summed E-state index contributed by atoms with van der Waals surface area (Å²) >= 11 is 0. The molecule has 0 N–H and O–H groups in total. The minimum atomic E-state index is 0.988. The number of fused-ring (bicyclic) bond motifs is 1. The molecule has 3 nitrogen and oxygen atoms in total. The molecule has 3 heteroatoms. The van der Waals surface area contributed by atoms with Crippen LogP contribution in [0.3, 0.4) is 0 Å². The van der Waals surface area contributed by atoms with E-state index in [-0.39, 0.29) is 0 Å². The van der Waals surface area contributed by atoms with E-state index in [1.54, 1.807) is 6.33 Å². The fourth-order valence-corrected chi connectivity index (χ4v) is 1.92. The van der Waals surface area contributed by atoms with E-state index in [1.807, 2.05) is 6.07 Å². The standard InChI is InChI=1S/C13H19N3/c1-2-3-4-5-6-8-16-9-7-12-13(10-16)15-11-14-12/h7,9-11H,2-6,8H2,1H3. The number of imidazole rings is 1. The molecule has 0 atom stereocenters. The van der Waals surface area contributed by atoms with Gasteiger partial charge in [-0.2, -0.15) is 0 Å². The lowest BCUT2D eigenvalue weighted by Crippen LogP contribution is -1.99. The number of aryl methyl sites for hydroxylation is 1. The van der Waals surface area contributed by atoms with Gasteiger partial charge in [0.15, 0.2) is 0 Å². The van der Waals surface area contributed by atoms with Crippen LogP contribution in [0.1, 0.15) is 39.0 Å². The Morgan fingerprint density at radius 3 is 2.75 bits per heavy atom. The van der Waals surface area contributed by atoms with Crippen molar-refractivity contribution < 1.29 is 0 Å². The summed E-state index contributed by atoms with van der Waals surface area (Å²) in [5.74, 6) is 0. The zero-order valence-corrected chi connectivity index (χ0v) is 9.89. The van der Waals surface area contributed by atoms with Crippen LogP contribution in [0, 0.1) is 0 Å². The van der Waals surface area contributed by atoms with Crippen LogP contribution < -0.4 is 0 Å². The smallest absolute Gasteiger partial charge is 0.116 e. The molecular weight excluding hydrogens is 198 g/mol. The van der Waals surface area contributed by atoms with Crippen LogP contribution in [-0.4, -0.2) is 14.5 Å². The van der Waals surface area contributed by atoms with Crippen molar-refractivity contribution in [3.05, 3.63) is 24.8 Å². The molecule has 0 aliphatic carbocycles. The Balaban J connectivity index is 1.83. The zero-order chi connectivity index (χ0) is 11.2. The molecule has 2 heterocycles. The maximum Gasteiger partial charge on any atom is 0.116 e. The van der Waals surface area contributed by atoms with Gasteiger partial charge >= 0.3 is 0 Å². The van der Waals surface area contributed by atoms with E-state index in [1.165, 1.54) is 32.1 Å². The minimum Gasteiger partial charge on any atom is -0.352 e. The van der Waals surface area contributed by atoms with Crippen LogP contribution in [0.2, 0.25) is 0 Å². The Labute approximate surface area is 96.9 Å². The molecule has 0 amide bonds. The molecule has 0 aromatic heterocycles. The average molecular weight is 217 g/mol. The molecule has 0 unspecified atom stereocenters. The van der Waals surface area contributed by atoms with Crippen molar-refractivity contribution in [2.24, 2.45) is 0 Å². The first-order chi connectivity index (χ1) is 7.90. The Morgan fingerprint density at radius 1 is 1.06 bits per heavy atom. The summed E-state index contributed by atoms with van der Waals surface area (Å²) in [5.41, 5.74) is 1.98. The van der Waals surface area contributed by atoms with Crippen LogP contribution in [0.5, 0.6) is 0 Å². The van der Waals surface area contributed by atoms with E-state index in [9.17, 15) is 0 Å². The SMILES string of the molecule is CCCCCCCn1ccc2ncnc-2c1. The first-order valence-electron chi connectivity index (χ1n) is 6.16. The average Bonchev–Trinajstić information content (AvgIpc) is 2.76. The predicted octanol–water partition coefficient (Wildman–Crippen LogP) is 3.35. The fraction of sp³-hybridized carbons (Fsp3) is 0.538. The predicted molar refractivity (Wildman–Crippen MR) is 65.4 cm³/mol. The van der Waals surface area contributed by atoms with E-state index >= 15 is 0 Å². The van der Waals surface area contributed by atoms with Crippen molar-refractivity contribution in [1.82, 2.24) is 14.5 Å². The highest BCUT2D eigenvalue weighted by molar-refractivity contribution is 5.53. The van der Waals surface area contributed by atoms with Gasteiger partial charge in [-0.05, 0) is 12.5 Å². The quantitative estimate of drug-likeness (QED) is 0.695. The van der Waals surface area contributed by atoms with E-state index in [2.05, 4.69) is 33.9 Å². The van der Waals surface area contributed by atoms with Gasteiger partial charge in [0, 0.05) is 18.9 Å². The van der Waals surface area contributed by atoms with Crippen molar-refractivity contribution in [2.75, 3.05) is 0 Å². The van der Waals surface area contributed by atoms with Gasteiger partial charge < -0.3 is 4.57 Å². The van der Waals surface area contributed by atoms with Gasteiger partial charge in [-0.1, -0.05) is 32.6 Å². The number of hydrogen-bond acceptors (Lipinski definition) is 2. The van der Waals surface area contributed by atoms with Crippen LogP contribution >= 0.6 is 0 Å². The van der Waals surface area contributed by atoms with Crippen molar-refractivity contribution in [3.8, 4) is 11.4 Å². The molecule has 2 rings (SSSR count). The number of hydrogen-bond donors (Lipinski definition) is 0. The molecule has 0 radical (unpaired) electrons. The lowest BCUT2D eigenvalue weighted by atomic mass is 10.1. The van der Waals surface area contributed by atoms with E-state index in [0.29, 0.717) is 0 Å². The van der Waals surface area contributed by atoms with E-state index < -0.39 is 0 Å². The summed E-state index contributed by atoms with van der Waals surface area (Å²) in [4.78, 5) is 8.36. The third-order valence-electron chi connectivity index (χ3n) is 2.89. The highest BCUT2D eigenvalue weighted by Crippen LogP contribution is 2.15. The first kappa shape index (κ1) is 11.1. The monoisotopic (exact) mass is 217 g/mol. The second kappa shape index (κ2) is 5.64. The third-order valence-corrected chi connectivity index (χ3v) is 2.89. The molecule has 0 saturated heterocycles. The topological polar surface area (TPSA) is 30.7 Å². The molecule has 86 valence electrons. The summed E-state index contributed by atoms with van der Waals surface area (Å²) in [6.07, 6.45) is 12.4. The van der Waals surface area contributed by atoms with Gasteiger partial charge in [-0.3, -0.25) is 0 Å². The van der Waals surface area contributed by atoms with E-state index in [0.717, 1.165) is 17.9 Å².